The highest BCUT2D eigenvalue weighted by molar-refractivity contribution is 6.07. The predicted octanol–water partition coefficient (Wildman–Crippen LogP) is 4.66. The Hall–Kier alpha value is -2.69. The molecule has 0 heterocycles. The van der Waals surface area contributed by atoms with E-state index in [1.807, 2.05) is 13.8 Å². The number of hydrogen-bond donors (Lipinski definition) is 0. The number of ketones is 1. The van der Waals surface area contributed by atoms with Crippen molar-refractivity contribution in [2.45, 2.75) is 20.0 Å². The second kappa shape index (κ2) is 7.73. The third-order valence-corrected chi connectivity index (χ3v) is 3.21. The molecule has 0 bridgehead atoms. The van der Waals surface area contributed by atoms with Gasteiger partial charge in [-0.1, -0.05) is 18.2 Å². The van der Waals surface area contributed by atoms with Gasteiger partial charge in [-0.2, -0.15) is 0 Å². The Bertz CT molecular complexity index is 747. The number of hydrogen-bond acceptors (Lipinski definition) is 3. The van der Waals surface area contributed by atoms with Gasteiger partial charge < -0.3 is 9.47 Å². The topological polar surface area (TPSA) is 35.5 Å². The minimum absolute atomic E-state index is 0.104. The summed E-state index contributed by atoms with van der Waals surface area (Å²) >= 11 is 0. The van der Waals surface area contributed by atoms with Crippen molar-refractivity contribution in [1.29, 1.82) is 0 Å². The fourth-order valence-electron chi connectivity index (χ4n) is 2.17. The van der Waals surface area contributed by atoms with E-state index in [0.29, 0.717) is 17.1 Å². The van der Waals surface area contributed by atoms with Crippen molar-refractivity contribution in [3.63, 3.8) is 0 Å². The zero-order valence-corrected chi connectivity index (χ0v) is 13.7. The lowest BCUT2D eigenvalue weighted by molar-refractivity contribution is 0.104. The summed E-state index contributed by atoms with van der Waals surface area (Å²) in [5.41, 5.74) is -0.00359. The Morgan fingerprint density at radius 2 is 1.71 bits per heavy atom. The third-order valence-electron chi connectivity index (χ3n) is 3.21. The smallest absolute Gasteiger partial charge is 0.191 e. The number of rotatable bonds is 6. The van der Waals surface area contributed by atoms with Crippen LogP contribution >= 0.6 is 0 Å². The molecule has 2 rings (SSSR count). The molecule has 3 nitrogen and oxygen atoms in total. The number of para-hydroxylation sites is 1. The molecule has 0 N–H and O–H groups in total. The maximum Gasteiger partial charge on any atom is 0.191 e. The summed E-state index contributed by atoms with van der Waals surface area (Å²) in [4.78, 5) is 12.1. The minimum Gasteiger partial charge on any atom is -0.493 e. The van der Waals surface area contributed by atoms with Gasteiger partial charge in [-0.3, -0.25) is 4.79 Å². The summed E-state index contributed by atoms with van der Waals surface area (Å²) in [6.45, 7) is 3.72. The fourth-order valence-corrected chi connectivity index (χ4v) is 2.17. The first-order valence-electron chi connectivity index (χ1n) is 7.44. The van der Waals surface area contributed by atoms with Crippen LogP contribution in [-0.2, 0) is 0 Å². The van der Waals surface area contributed by atoms with E-state index >= 15 is 0 Å². The molecular weight excluding hydrogens is 314 g/mol. The molecular formula is C19H18F2O3. The van der Waals surface area contributed by atoms with Gasteiger partial charge in [0.1, 0.15) is 11.6 Å². The molecule has 5 heteroatoms. The van der Waals surface area contributed by atoms with Crippen molar-refractivity contribution >= 4 is 11.9 Å². The fraction of sp³-hybridized carbons (Fsp3) is 0.211. The van der Waals surface area contributed by atoms with Crippen LogP contribution in [0.4, 0.5) is 8.78 Å². The van der Waals surface area contributed by atoms with Crippen LogP contribution in [0, 0.1) is 11.6 Å². The highest BCUT2D eigenvalue weighted by Gasteiger charge is 2.15. The van der Waals surface area contributed by atoms with Crippen LogP contribution in [0.25, 0.3) is 6.08 Å². The number of halogens is 2. The molecule has 0 fully saturated rings. The summed E-state index contributed by atoms with van der Waals surface area (Å²) < 4.78 is 38.3. The first kappa shape index (κ1) is 17.7. The van der Waals surface area contributed by atoms with Crippen LogP contribution in [0.5, 0.6) is 11.5 Å². The quantitative estimate of drug-likeness (QED) is 0.570. The lowest BCUT2D eigenvalue weighted by Crippen LogP contribution is -2.08. The Labute approximate surface area is 139 Å². The van der Waals surface area contributed by atoms with Crippen LogP contribution in [0.15, 0.2) is 42.5 Å². The second-order valence-corrected chi connectivity index (χ2v) is 5.34. The lowest BCUT2D eigenvalue weighted by atomic mass is 10.1. The molecule has 2 aromatic rings. The average Bonchev–Trinajstić information content (AvgIpc) is 2.53. The molecule has 0 atom stereocenters. The van der Waals surface area contributed by atoms with Gasteiger partial charge in [0.25, 0.3) is 0 Å². The van der Waals surface area contributed by atoms with Crippen LogP contribution in [0.3, 0.4) is 0 Å². The standard InChI is InChI=1S/C19H18F2O3/c1-12(2)24-19-13(6-4-9-17(19)23-3)10-11-16(22)18-14(20)7-5-8-15(18)21/h4-12H,1-3H3/b11-10+. The molecule has 0 saturated carbocycles. The average molecular weight is 332 g/mol. The zero-order valence-electron chi connectivity index (χ0n) is 13.7. The lowest BCUT2D eigenvalue weighted by Gasteiger charge is -2.15. The molecule has 2 aromatic carbocycles. The molecule has 0 unspecified atom stereocenters. The van der Waals surface area contributed by atoms with Crippen LogP contribution in [0.1, 0.15) is 29.8 Å². The van der Waals surface area contributed by atoms with Gasteiger partial charge in [0.05, 0.1) is 18.8 Å². The van der Waals surface area contributed by atoms with E-state index in [1.165, 1.54) is 19.3 Å². The minimum atomic E-state index is -0.894. The number of benzene rings is 2. The van der Waals surface area contributed by atoms with Gasteiger partial charge in [-0.25, -0.2) is 8.78 Å². The number of ether oxygens (including phenoxy) is 2. The number of allylic oxidation sites excluding steroid dienone is 1. The first-order valence-corrected chi connectivity index (χ1v) is 7.44. The van der Waals surface area contributed by atoms with Crippen LogP contribution < -0.4 is 9.47 Å². The van der Waals surface area contributed by atoms with Crippen molar-refractivity contribution in [2.75, 3.05) is 7.11 Å². The van der Waals surface area contributed by atoms with Crippen LogP contribution in [0.2, 0.25) is 0 Å². The van der Waals surface area contributed by atoms with E-state index in [1.54, 1.807) is 18.2 Å². The van der Waals surface area contributed by atoms with Crippen molar-refractivity contribution in [1.82, 2.24) is 0 Å². The Kier molecular flexibility index (Phi) is 5.68. The van der Waals surface area contributed by atoms with Crippen LogP contribution in [-0.4, -0.2) is 19.0 Å². The molecule has 0 saturated heterocycles. The Morgan fingerprint density at radius 1 is 1.08 bits per heavy atom. The van der Waals surface area contributed by atoms with E-state index in [9.17, 15) is 13.6 Å². The van der Waals surface area contributed by atoms with Gasteiger partial charge in [0, 0.05) is 5.56 Å². The van der Waals surface area contributed by atoms with Gasteiger partial charge >= 0.3 is 0 Å². The van der Waals surface area contributed by atoms with Gasteiger partial charge in [0.15, 0.2) is 17.3 Å². The molecule has 24 heavy (non-hydrogen) atoms. The largest absolute Gasteiger partial charge is 0.493 e. The van der Waals surface area contributed by atoms with E-state index in [-0.39, 0.29) is 6.10 Å². The van der Waals surface area contributed by atoms with E-state index in [4.69, 9.17) is 9.47 Å². The Morgan fingerprint density at radius 3 is 2.29 bits per heavy atom. The predicted molar refractivity (Wildman–Crippen MR) is 88.5 cm³/mol. The molecule has 0 spiro atoms. The maximum absolute atomic E-state index is 13.7. The molecule has 0 radical (unpaired) electrons. The summed E-state index contributed by atoms with van der Waals surface area (Å²) in [5.74, 6) is -1.57. The highest BCUT2D eigenvalue weighted by Crippen LogP contribution is 2.33. The zero-order chi connectivity index (χ0) is 17.7. The van der Waals surface area contributed by atoms with E-state index in [2.05, 4.69) is 0 Å². The third kappa shape index (κ3) is 3.98. The van der Waals surface area contributed by atoms with Gasteiger partial charge in [-0.05, 0) is 44.2 Å². The van der Waals surface area contributed by atoms with E-state index < -0.39 is 23.0 Å². The monoisotopic (exact) mass is 332 g/mol. The first-order chi connectivity index (χ1) is 11.4. The normalized spacial score (nSPS) is 11.1. The summed E-state index contributed by atoms with van der Waals surface area (Å²) in [5, 5.41) is 0. The molecule has 0 aliphatic heterocycles. The summed E-state index contributed by atoms with van der Waals surface area (Å²) in [6.07, 6.45) is 2.46. The second-order valence-electron chi connectivity index (χ2n) is 5.34. The van der Waals surface area contributed by atoms with E-state index in [0.717, 1.165) is 18.2 Å². The van der Waals surface area contributed by atoms with Crippen molar-refractivity contribution < 1.29 is 23.0 Å². The van der Waals surface area contributed by atoms with Crippen molar-refractivity contribution in [2.24, 2.45) is 0 Å². The SMILES string of the molecule is COc1cccc(/C=C/C(=O)c2c(F)cccc2F)c1OC(C)C. The maximum atomic E-state index is 13.7. The summed E-state index contributed by atoms with van der Waals surface area (Å²) in [7, 11) is 1.51. The number of methoxy groups -OCH3 is 1. The molecule has 0 aliphatic rings. The van der Waals surface area contributed by atoms with Crippen molar-refractivity contribution in [3.05, 3.63) is 65.2 Å². The molecule has 0 amide bonds. The number of carbonyl (C=O) groups is 1. The van der Waals surface area contributed by atoms with Gasteiger partial charge in [0.2, 0.25) is 0 Å². The Balaban J connectivity index is 2.37. The number of carbonyl (C=O) groups excluding carboxylic acids is 1. The van der Waals surface area contributed by atoms with Gasteiger partial charge in [-0.15, -0.1) is 0 Å². The molecule has 0 aliphatic carbocycles. The summed E-state index contributed by atoms with van der Waals surface area (Å²) in [6, 6.07) is 8.49. The highest BCUT2D eigenvalue weighted by atomic mass is 19.1. The molecule has 0 aromatic heterocycles. The van der Waals surface area contributed by atoms with Crippen molar-refractivity contribution in [3.8, 4) is 11.5 Å². The molecule has 126 valence electrons.